The van der Waals surface area contributed by atoms with E-state index in [-0.39, 0.29) is 6.04 Å². The van der Waals surface area contributed by atoms with Crippen molar-refractivity contribution in [3.8, 4) is 0 Å². The summed E-state index contributed by atoms with van der Waals surface area (Å²) in [6.07, 6.45) is 1.10. The zero-order valence-corrected chi connectivity index (χ0v) is 17.9. The molecule has 6 nitrogen and oxygen atoms in total. The Morgan fingerprint density at radius 3 is 2.48 bits per heavy atom. The number of tetrazole rings is 1. The number of hydrogen-bond acceptors (Lipinski definition) is 4. The van der Waals surface area contributed by atoms with Gasteiger partial charge in [0.2, 0.25) is 5.82 Å². The Kier molecular flexibility index (Phi) is 6.37. The minimum absolute atomic E-state index is 0.277. The molecule has 1 atom stereocenters. The van der Waals surface area contributed by atoms with Crippen molar-refractivity contribution in [1.82, 2.24) is 20.2 Å². The van der Waals surface area contributed by atoms with Crippen LogP contribution in [-0.4, -0.2) is 46.4 Å². The zero-order valence-electron chi connectivity index (χ0n) is 17.1. The predicted molar refractivity (Wildman–Crippen MR) is 109 cm³/mol. The Morgan fingerprint density at radius 1 is 1.15 bits per heavy atom. The van der Waals surface area contributed by atoms with E-state index in [0.29, 0.717) is 12.0 Å². The van der Waals surface area contributed by atoms with Crippen molar-refractivity contribution in [1.29, 1.82) is 0 Å². The number of halogens is 1. The van der Waals surface area contributed by atoms with Gasteiger partial charge < -0.3 is 9.80 Å². The molecule has 27 heavy (non-hydrogen) atoms. The molecule has 7 heteroatoms. The molecule has 1 saturated heterocycles. The van der Waals surface area contributed by atoms with Gasteiger partial charge in [0.1, 0.15) is 6.04 Å². The highest BCUT2D eigenvalue weighted by Crippen LogP contribution is 2.25. The van der Waals surface area contributed by atoms with Crippen LogP contribution in [0.15, 0.2) is 18.2 Å². The van der Waals surface area contributed by atoms with Crippen LogP contribution in [0.1, 0.15) is 57.6 Å². The smallest absolute Gasteiger partial charge is 0.209 e. The SMILES string of the molecule is Cc1ccc(Cl)cc1N1CC[NH+]([C@@H](CC(C)C)c2nnnn2C(C)C)CC1. The van der Waals surface area contributed by atoms with Crippen LogP contribution in [0.25, 0.3) is 0 Å². The Bertz CT molecular complexity index is 749. The molecule has 0 spiro atoms. The highest BCUT2D eigenvalue weighted by molar-refractivity contribution is 6.30. The maximum atomic E-state index is 6.23. The third-order valence-corrected chi connectivity index (χ3v) is 5.67. The first-order valence-corrected chi connectivity index (χ1v) is 10.4. The number of aryl methyl sites for hydroxylation is 1. The molecular formula is C20H32ClN6+. The second kappa shape index (κ2) is 8.57. The van der Waals surface area contributed by atoms with E-state index in [4.69, 9.17) is 11.6 Å². The van der Waals surface area contributed by atoms with Gasteiger partial charge in [0.15, 0.2) is 0 Å². The van der Waals surface area contributed by atoms with Gasteiger partial charge in [-0.25, -0.2) is 4.68 Å². The van der Waals surface area contributed by atoms with E-state index in [1.807, 2.05) is 10.7 Å². The minimum atomic E-state index is 0.277. The molecule has 1 fully saturated rings. The summed E-state index contributed by atoms with van der Waals surface area (Å²) in [5.74, 6) is 1.63. The summed E-state index contributed by atoms with van der Waals surface area (Å²) < 4.78 is 1.99. The van der Waals surface area contributed by atoms with Crippen LogP contribution in [-0.2, 0) is 0 Å². The van der Waals surface area contributed by atoms with Gasteiger partial charge in [-0.05, 0) is 54.8 Å². The molecular weight excluding hydrogens is 360 g/mol. The molecule has 1 aliphatic heterocycles. The van der Waals surface area contributed by atoms with Crippen LogP contribution in [0.3, 0.4) is 0 Å². The van der Waals surface area contributed by atoms with Gasteiger partial charge in [-0.15, -0.1) is 5.10 Å². The van der Waals surface area contributed by atoms with Gasteiger partial charge in [0, 0.05) is 17.1 Å². The summed E-state index contributed by atoms with van der Waals surface area (Å²) in [5, 5.41) is 13.4. The molecule has 0 unspecified atom stereocenters. The first kappa shape index (κ1) is 20.1. The molecule has 0 bridgehead atoms. The van der Waals surface area contributed by atoms with Crippen LogP contribution >= 0.6 is 11.6 Å². The van der Waals surface area contributed by atoms with Crippen molar-refractivity contribution >= 4 is 17.3 Å². The molecule has 0 aliphatic carbocycles. The van der Waals surface area contributed by atoms with Crippen molar-refractivity contribution in [3.63, 3.8) is 0 Å². The maximum Gasteiger partial charge on any atom is 0.209 e. The number of hydrogen-bond donors (Lipinski definition) is 1. The van der Waals surface area contributed by atoms with Gasteiger partial charge in [0.25, 0.3) is 0 Å². The number of aromatic nitrogens is 4. The van der Waals surface area contributed by atoms with Crippen LogP contribution in [0.5, 0.6) is 0 Å². The van der Waals surface area contributed by atoms with E-state index >= 15 is 0 Å². The van der Waals surface area contributed by atoms with Crippen LogP contribution in [0.4, 0.5) is 5.69 Å². The highest BCUT2D eigenvalue weighted by Gasteiger charge is 2.34. The van der Waals surface area contributed by atoms with Crippen LogP contribution in [0.2, 0.25) is 5.02 Å². The summed E-state index contributed by atoms with van der Waals surface area (Å²) in [6, 6.07) is 6.78. The molecule has 1 aliphatic rings. The van der Waals surface area contributed by atoms with Crippen molar-refractivity contribution in [2.45, 2.75) is 53.1 Å². The van der Waals surface area contributed by atoms with E-state index < -0.39 is 0 Å². The molecule has 0 radical (unpaired) electrons. The van der Waals surface area contributed by atoms with Crippen LogP contribution in [0, 0.1) is 12.8 Å². The highest BCUT2D eigenvalue weighted by atomic mass is 35.5. The van der Waals surface area contributed by atoms with E-state index in [0.717, 1.165) is 43.4 Å². The summed E-state index contributed by atoms with van der Waals surface area (Å²) in [5.41, 5.74) is 2.54. The van der Waals surface area contributed by atoms with Gasteiger partial charge in [0.05, 0.1) is 32.2 Å². The summed E-state index contributed by atoms with van der Waals surface area (Å²) >= 11 is 6.23. The number of piperazine rings is 1. The summed E-state index contributed by atoms with van der Waals surface area (Å²) in [4.78, 5) is 4.04. The average molecular weight is 392 g/mol. The average Bonchev–Trinajstić information content (AvgIpc) is 3.11. The van der Waals surface area contributed by atoms with E-state index in [1.165, 1.54) is 11.3 Å². The van der Waals surface area contributed by atoms with Crippen molar-refractivity contribution in [3.05, 3.63) is 34.6 Å². The van der Waals surface area contributed by atoms with Crippen molar-refractivity contribution in [2.24, 2.45) is 5.92 Å². The summed E-state index contributed by atoms with van der Waals surface area (Å²) in [7, 11) is 0. The lowest BCUT2D eigenvalue weighted by atomic mass is 10.0. The molecule has 0 amide bonds. The quantitative estimate of drug-likeness (QED) is 0.822. The standard InChI is InChI=1S/C20H31ClN6/c1-14(2)12-19(20-22-23-24-27(20)15(3)4)26-10-8-25(9-11-26)18-13-17(21)7-6-16(18)5/h6-7,13-15,19H,8-12H2,1-5H3/p+1/t19-/m0/s1. The molecule has 1 aromatic carbocycles. The Morgan fingerprint density at radius 2 is 1.85 bits per heavy atom. The number of nitrogens with one attached hydrogen (secondary N) is 1. The Hall–Kier alpha value is -1.66. The predicted octanol–water partition coefficient (Wildman–Crippen LogP) is 2.71. The summed E-state index contributed by atoms with van der Waals surface area (Å²) in [6.45, 7) is 15.2. The maximum absolute atomic E-state index is 6.23. The number of anilines is 1. The monoisotopic (exact) mass is 391 g/mol. The Labute approximate surface area is 167 Å². The lowest BCUT2D eigenvalue weighted by Gasteiger charge is -2.38. The third kappa shape index (κ3) is 4.61. The minimum Gasteiger partial charge on any atom is -0.360 e. The number of quaternary nitrogens is 1. The normalized spacial score (nSPS) is 17.1. The molecule has 0 saturated carbocycles. The van der Waals surface area contributed by atoms with E-state index in [1.54, 1.807) is 4.90 Å². The topological polar surface area (TPSA) is 51.3 Å². The fraction of sp³-hybridized carbons (Fsp3) is 0.650. The van der Waals surface area contributed by atoms with Crippen molar-refractivity contribution in [2.75, 3.05) is 31.1 Å². The third-order valence-electron chi connectivity index (χ3n) is 5.44. The zero-order chi connectivity index (χ0) is 19.6. The van der Waals surface area contributed by atoms with Gasteiger partial charge >= 0.3 is 0 Å². The number of nitrogens with zero attached hydrogens (tertiary/aromatic N) is 5. The van der Waals surface area contributed by atoms with Crippen LogP contribution < -0.4 is 9.80 Å². The molecule has 1 N–H and O–H groups in total. The molecule has 2 heterocycles. The lowest BCUT2D eigenvalue weighted by Crippen LogP contribution is -3.15. The van der Waals surface area contributed by atoms with Gasteiger partial charge in [-0.3, -0.25) is 0 Å². The molecule has 3 rings (SSSR count). The second-order valence-electron chi connectivity index (χ2n) is 8.33. The molecule has 1 aromatic heterocycles. The first-order valence-electron chi connectivity index (χ1n) is 10.00. The fourth-order valence-electron chi connectivity index (χ4n) is 4.03. The number of rotatable bonds is 6. The van der Waals surface area contributed by atoms with Gasteiger partial charge in [-0.2, -0.15) is 0 Å². The largest absolute Gasteiger partial charge is 0.360 e. The molecule has 2 aromatic rings. The van der Waals surface area contributed by atoms with E-state index in [9.17, 15) is 0 Å². The second-order valence-corrected chi connectivity index (χ2v) is 8.77. The van der Waals surface area contributed by atoms with E-state index in [2.05, 4.69) is 67.2 Å². The van der Waals surface area contributed by atoms with Gasteiger partial charge in [-0.1, -0.05) is 31.5 Å². The first-order chi connectivity index (χ1) is 12.9. The number of benzene rings is 1. The van der Waals surface area contributed by atoms with Crippen molar-refractivity contribution < 1.29 is 4.90 Å². The Balaban J connectivity index is 1.76. The molecule has 148 valence electrons. The lowest BCUT2D eigenvalue weighted by molar-refractivity contribution is -0.934. The fourth-order valence-corrected chi connectivity index (χ4v) is 4.20.